The molecule has 1 aliphatic rings. The molecule has 0 bridgehead atoms. The Bertz CT molecular complexity index is 1030. The Hall–Kier alpha value is -2.69. The first-order valence-electron chi connectivity index (χ1n) is 9.05. The van der Waals surface area contributed by atoms with Gasteiger partial charge in [0.05, 0.1) is 17.5 Å². The second-order valence-corrected chi connectivity index (χ2v) is 6.92. The van der Waals surface area contributed by atoms with E-state index in [0.717, 1.165) is 41.8 Å². The van der Waals surface area contributed by atoms with Crippen LogP contribution in [0, 0.1) is 0 Å². The maximum atomic E-state index is 4.61. The van der Waals surface area contributed by atoms with Crippen molar-refractivity contribution in [3.8, 4) is 11.3 Å². The van der Waals surface area contributed by atoms with Gasteiger partial charge in [-0.2, -0.15) is 0 Å². The summed E-state index contributed by atoms with van der Waals surface area (Å²) in [5, 5.41) is 3.70. The van der Waals surface area contributed by atoms with E-state index in [1.807, 2.05) is 12.1 Å². The lowest BCUT2D eigenvalue weighted by Crippen LogP contribution is -2.28. The first-order chi connectivity index (χ1) is 12.8. The normalized spacial score (nSPS) is 13.5. The number of aromatic nitrogens is 3. The van der Waals surface area contributed by atoms with Gasteiger partial charge in [-0.1, -0.05) is 48.5 Å². The molecular weight excluding hydrogens is 356 g/mol. The quantitative estimate of drug-likeness (QED) is 0.558. The largest absolute Gasteiger partial charge is 0.343 e. The molecule has 2 N–H and O–H groups in total. The summed E-state index contributed by atoms with van der Waals surface area (Å²) in [4.78, 5) is 11.9. The Balaban J connectivity index is 0.00000180. The second kappa shape index (κ2) is 7.51. The van der Waals surface area contributed by atoms with Crippen LogP contribution >= 0.6 is 12.4 Å². The standard InChI is InChI=1S/C22H20N4.ClH/c1-2-4-18-12-19(11-17(18)3-1)23-13-15-5-7-16(8-6-15)20-9-10-21-22(26-20)25-14-24-21;/h1-10,14,19,23H,11-13H2,(H,24,25,26);1H. The number of benzene rings is 2. The van der Waals surface area contributed by atoms with E-state index >= 15 is 0 Å². The van der Waals surface area contributed by atoms with E-state index < -0.39 is 0 Å². The summed E-state index contributed by atoms with van der Waals surface area (Å²) in [5.41, 5.74) is 8.06. The van der Waals surface area contributed by atoms with Crippen LogP contribution < -0.4 is 5.32 Å². The number of imidazole rings is 1. The van der Waals surface area contributed by atoms with Crippen molar-refractivity contribution in [2.75, 3.05) is 0 Å². The van der Waals surface area contributed by atoms with Crippen molar-refractivity contribution in [1.29, 1.82) is 0 Å². The molecule has 136 valence electrons. The van der Waals surface area contributed by atoms with Crippen molar-refractivity contribution in [1.82, 2.24) is 20.3 Å². The molecule has 0 spiro atoms. The minimum Gasteiger partial charge on any atom is -0.343 e. The molecule has 4 nitrogen and oxygen atoms in total. The summed E-state index contributed by atoms with van der Waals surface area (Å²) in [7, 11) is 0. The van der Waals surface area contributed by atoms with Gasteiger partial charge in [-0.25, -0.2) is 9.97 Å². The molecule has 0 fully saturated rings. The summed E-state index contributed by atoms with van der Waals surface area (Å²) in [6, 6.07) is 22.0. The first-order valence-corrected chi connectivity index (χ1v) is 9.05. The number of halogens is 1. The van der Waals surface area contributed by atoms with Crippen LogP contribution in [0.1, 0.15) is 16.7 Å². The summed E-state index contributed by atoms with van der Waals surface area (Å²) in [5.74, 6) is 0. The van der Waals surface area contributed by atoms with Gasteiger partial charge >= 0.3 is 0 Å². The number of nitrogens with one attached hydrogen (secondary N) is 2. The molecule has 5 rings (SSSR count). The Kier molecular flexibility index (Phi) is 4.92. The van der Waals surface area contributed by atoms with Gasteiger partial charge in [-0.15, -0.1) is 12.4 Å². The number of rotatable bonds is 4. The van der Waals surface area contributed by atoms with Crippen LogP contribution in [-0.4, -0.2) is 21.0 Å². The predicted octanol–water partition coefficient (Wildman–Crippen LogP) is 4.30. The molecule has 0 radical (unpaired) electrons. The van der Waals surface area contributed by atoms with E-state index in [4.69, 9.17) is 0 Å². The second-order valence-electron chi connectivity index (χ2n) is 6.92. The van der Waals surface area contributed by atoms with E-state index in [1.54, 1.807) is 6.33 Å². The fourth-order valence-corrected chi connectivity index (χ4v) is 3.74. The maximum absolute atomic E-state index is 4.61. The average molecular weight is 377 g/mol. The van der Waals surface area contributed by atoms with Gasteiger partial charge in [0.25, 0.3) is 0 Å². The van der Waals surface area contributed by atoms with Crippen molar-refractivity contribution in [3.63, 3.8) is 0 Å². The average Bonchev–Trinajstić information content (AvgIpc) is 3.32. The molecule has 0 saturated heterocycles. The van der Waals surface area contributed by atoms with E-state index in [1.165, 1.54) is 16.7 Å². The lowest BCUT2D eigenvalue weighted by atomic mass is 10.1. The van der Waals surface area contributed by atoms with Crippen molar-refractivity contribution < 1.29 is 0 Å². The van der Waals surface area contributed by atoms with E-state index in [0.29, 0.717) is 6.04 Å². The van der Waals surface area contributed by atoms with Crippen LogP contribution in [0.2, 0.25) is 0 Å². The lowest BCUT2D eigenvalue weighted by Gasteiger charge is -2.12. The van der Waals surface area contributed by atoms with E-state index in [-0.39, 0.29) is 12.4 Å². The number of aromatic amines is 1. The predicted molar refractivity (Wildman–Crippen MR) is 111 cm³/mol. The molecular formula is C22H21ClN4. The third-order valence-corrected chi connectivity index (χ3v) is 5.18. The van der Waals surface area contributed by atoms with E-state index in [9.17, 15) is 0 Å². The van der Waals surface area contributed by atoms with Gasteiger partial charge in [-0.3, -0.25) is 0 Å². The van der Waals surface area contributed by atoms with Crippen molar-refractivity contribution in [3.05, 3.63) is 83.7 Å². The van der Waals surface area contributed by atoms with Crippen molar-refractivity contribution >= 4 is 23.6 Å². The molecule has 0 saturated carbocycles. The number of hydrogen-bond donors (Lipinski definition) is 2. The highest BCUT2D eigenvalue weighted by Gasteiger charge is 2.19. The zero-order valence-corrected chi connectivity index (χ0v) is 15.7. The maximum Gasteiger partial charge on any atom is 0.177 e. The molecule has 5 heteroatoms. The zero-order chi connectivity index (χ0) is 17.3. The number of hydrogen-bond acceptors (Lipinski definition) is 3. The summed E-state index contributed by atoms with van der Waals surface area (Å²) in [6.07, 6.45) is 3.93. The van der Waals surface area contributed by atoms with Crippen molar-refractivity contribution in [2.45, 2.75) is 25.4 Å². The van der Waals surface area contributed by atoms with Crippen LogP contribution in [-0.2, 0) is 19.4 Å². The molecule has 0 atom stereocenters. The number of H-pyrrole nitrogens is 1. The van der Waals surface area contributed by atoms with Gasteiger partial charge in [0.2, 0.25) is 0 Å². The third-order valence-electron chi connectivity index (χ3n) is 5.18. The minimum atomic E-state index is 0. The molecule has 2 aromatic heterocycles. The molecule has 1 aliphatic carbocycles. The van der Waals surface area contributed by atoms with Crippen molar-refractivity contribution in [2.24, 2.45) is 0 Å². The van der Waals surface area contributed by atoms with Gasteiger partial charge in [0.1, 0.15) is 0 Å². The smallest absolute Gasteiger partial charge is 0.177 e. The molecule has 4 aromatic rings. The van der Waals surface area contributed by atoms with Gasteiger partial charge < -0.3 is 10.3 Å². The lowest BCUT2D eigenvalue weighted by molar-refractivity contribution is 0.533. The van der Waals surface area contributed by atoms with Crippen LogP contribution in [0.5, 0.6) is 0 Å². The topological polar surface area (TPSA) is 53.6 Å². The Morgan fingerprint density at radius 2 is 1.67 bits per heavy atom. The third kappa shape index (κ3) is 3.59. The van der Waals surface area contributed by atoms with Crippen LogP contribution in [0.3, 0.4) is 0 Å². The SMILES string of the molecule is Cl.c1ccc2c(c1)CC(NCc1ccc(-c3ccc4[nH]cnc4n3)cc1)C2. The Labute approximate surface area is 164 Å². The highest BCUT2D eigenvalue weighted by atomic mass is 35.5. The highest BCUT2D eigenvalue weighted by molar-refractivity contribution is 5.85. The number of fused-ring (bicyclic) bond motifs is 2. The summed E-state index contributed by atoms with van der Waals surface area (Å²) < 4.78 is 0. The Morgan fingerprint density at radius 3 is 2.41 bits per heavy atom. The minimum absolute atomic E-state index is 0. The number of pyridine rings is 1. The fourth-order valence-electron chi connectivity index (χ4n) is 3.74. The summed E-state index contributed by atoms with van der Waals surface area (Å²) >= 11 is 0. The fraction of sp³-hybridized carbons (Fsp3) is 0.182. The van der Waals surface area contributed by atoms with Crippen LogP contribution in [0.15, 0.2) is 67.0 Å². The zero-order valence-electron chi connectivity index (χ0n) is 14.9. The highest BCUT2D eigenvalue weighted by Crippen LogP contribution is 2.23. The van der Waals surface area contributed by atoms with Crippen LogP contribution in [0.4, 0.5) is 0 Å². The Morgan fingerprint density at radius 1 is 0.926 bits per heavy atom. The monoisotopic (exact) mass is 376 g/mol. The molecule has 27 heavy (non-hydrogen) atoms. The molecule has 0 unspecified atom stereocenters. The van der Waals surface area contributed by atoms with Gasteiger partial charge in [0.15, 0.2) is 5.65 Å². The molecule has 2 aromatic carbocycles. The first kappa shape index (κ1) is 17.7. The molecule has 0 amide bonds. The van der Waals surface area contributed by atoms with Gasteiger partial charge in [-0.05, 0) is 41.7 Å². The number of nitrogens with zero attached hydrogens (tertiary/aromatic N) is 2. The van der Waals surface area contributed by atoms with Gasteiger partial charge in [0, 0.05) is 18.2 Å². The van der Waals surface area contributed by atoms with Crippen LogP contribution in [0.25, 0.3) is 22.4 Å². The van der Waals surface area contributed by atoms with E-state index in [2.05, 4.69) is 68.8 Å². The molecule has 0 aliphatic heterocycles. The molecule has 2 heterocycles. The summed E-state index contributed by atoms with van der Waals surface area (Å²) in [6.45, 7) is 0.894.